The number of carbonyl (C=O) groups excluding carboxylic acids is 1. The molecule has 1 aromatic heterocycles. The number of carbonyl (C=O) groups is 2. The number of aromatic carboxylic acids is 1. The van der Waals surface area contributed by atoms with Crippen LogP contribution in [0.1, 0.15) is 32.1 Å². The lowest BCUT2D eigenvalue weighted by molar-refractivity contribution is -0.143. The second kappa shape index (κ2) is 7.78. The molecule has 2 aromatic carbocycles. The van der Waals surface area contributed by atoms with E-state index in [2.05, 4.69) is 10.4 Å². The fourth-order valence-corrected chi connectivity index (χ4v) is 2.57. The summed E-state index contributed by atoms with van der Waals surface area (Å²) in [4.78, 5) is 23.0. The van der Waals surface area contributed by atoms with E-state index in [0.29, 0.717) is 0 Å². The number of alkyl halides is 6. The maximum absolute atomic E-state index is 13.1. The van der Waals surface area contributed by atoms with Crippen molar-refractivity contribution in [2.24, 2.45) is 0 Å². The van der Waals surface area contributed by atoms with Gasteiger partial charge in [-0.25, -0.2) is 9.48 Å². The van der Waals surface area contributed by atoms with Gasteiger partial charge < -0.3 is 10.4 Å². The molecule has 1 amide bonds. The van der Waals surface area contributed by atoms with E-state index in [-0.39, 0.29) is 33.2 Å². The Balaban J connectivity index is 1.84. The molecule has 0 atom stereocenters. The van der Waals surface area contributed by atoms with E-state index in [9.17, 15) is 35.9 Å². The zero-order chi connectivity index (χ0) is 23.0. The Bertz CT molecular complexity index is 1120. The Morgan fingerprint density at radius 1 is 0.839 bits per heavy atom. The van der Waals surface area contributed by atoms with Gasteiger partial charge in [-0.15, -0.1) is 0 Å². The average molecular weight is 443 g/mol. The second-order valence-corrected chi connectivity index (χ2v) is 6.21. The quantitative estimate of drug-likeness (QED) is 0.564. The number of aromatic nitrogens is 2. The van der Waals surface area contributed by atoms with E-state index in [4.69, 9.17) is 5.11 Å². The lowest BCUT2D eigenvalue weighted by Crippen LogP contribution is -2.14. The molecule has 0 aliphatic carbocycles. The summed E-state index contributed by atoms with van der Waals surface area (Å²) < 4.78 is 77.9. The smallest absolute Gasteiger partial charge is 0.435 e. The molecule has 3 aromatic rings. The van der Waals surface area contributed by atoms with Crippen LogP contribution < -0.4 is 5.32 Å². The van der Waals surface area contributed by atoms with Gasteiger partial charge in [-0.1, -0.05) is 0 Å². The SMILES string of the molecule is O=C(O)c1ccc(C(=O)Nc2ccc(-n3nc(C(F)(F)F)cc3C(F)(F)F)cc2)cc1. The van der Waals surface area contributed by atoms with Crippen LogP contribution in [-0.4, -0.2) is 26.8 Å². The number of halogens is 6. The summed E-state index contributed by atoms with van der Waals surface area (Å²) in [6.45, 7) is 0. The van der Waals surface area contributed by atoms with Crippen molar-refractivity contribution in [1.82, 2.24) is 9.78 Å². The maximum Gasteiger partial charge on any atom is 0.435 e. The van der Waals surface area contributed by atoms with Crippen molar-refractivity contribution in [3.05, 3.63) is 77.1 Å². The molecule has 0 radical (unpaired) electrons. The van der Waals surface area contributed by atoms with E-state index < -0.39 is 35.6 Å². The Hall–Kier alpha value is -3.83. The molecule has 0 unspecified atom stereocenters. The van der Waals surface area contributed by atoms with Crippen LogP contribution in [0, 0.1) is 0 Å². The van der Waals surface area contributed by atoms with Crippen molar-refractivity contribution < 1.29 is 41.0 Å². The summed E-state index contributed by atoms with van der Waals surface area (Å²) >= 11 is 0. The van der Waals surface area contributed by atoms with Gasteiger partial charge in [-0.05, 0) is 48.5 Å². The van der Waals surface area contributed by atoms with Gasteiger partial charge in [0.2, 0.25) is 0 Å². The lowest BCUT2D eigenvalue weighted by atomic mass is 10.1. The molecule has 0 fully saturated rings. The standard InChI is InChI=1S/C19H11F6N3O3/c20-18(21,22)14-9-15(19(23,24)25)28(27-14)13-7-5-12(6-8-13)26-16(29)10-1-3-11(4-2-10)17(30)31/h1-9H,(H,26,29)(H,30,31). The van der Waals surface area contributed by atoms with Gasteiger partial charge in [-0.3, -0.25) is 4.79 Å². The molecule has 0 aliphatic rings. The summed E-state index contributed by atoms with van der Waals surface area (Å²) in [6, 6.07) is 9.38. The average Bonchev–Trinajstić information content (AvgIpc) is 3.15. The van der Waals surface area contributed by atoms with Crippen molar-refractivity contribution >= 4 is 17.6 Å². The second-order valence-electron chi connectivity index (χ2n) is 6.21. The van der Waals surface area contributed by atoms with Crippen LogP contribution in [0.15, 0.2) is 54.6 Å². The zero-order valence-corrected chi connectivity index (χ0v) is 15.1. The highest BCUT2D eigenvalue weighted by atomic mass is 19.4. The fraction of sp³-hybridized carbons (Fsp3) is 0.105. The van der Waals surface area contributed by atoms with Gasteiger partial charge in [-0.2, -0.15) is 31.4 Å². The Kier molecular flexibility index (Phi) is 5.49. The van der Waals surface area contributed by atoms with E-state index in [1.807, 2.05) is 0 Å². The van der Waals surface area contributed by atoms with Gasteiger partial charge >= 0.3 is 18.3 Å². The highest BCUT2D eigenvalue weighted by Crippen LogP contribution is 2.36. The Morgan fingerprint density at radius 3 is 1.87 bits per heavy atom. The van der Waals surface area contributed by atoms with Crippen molar-refractivity contribution in [2.75, 3.05) is 5.32 Å². The molecular formula is C19H11F6N3O3. The molecular weight excluding hydrogens is 432 g/mol. The molecule has 162 valence electrons. The minimum Gasteiger partial charge on any atom is -0.478 e. The molecule has 6 nitrogen and oxygen atoms in total. The van der Waals surface area contributed by atoms with E-state index >= 15 is 0 Å². The summed E-state index contributed by atoms with van der Waals surface area (Å²) in [5.74, 6) is -1.80. The zero-order valence-electron chi connectivity index (χ0n) is 15.1. The molecule has 0 spiro atoms. The summed E-state index contributed by atoms with van der Waals surface area (Å²) in [7, 11) is 0. The predicted octanol–water partition coefficient (Wildman–Crippen LogP) is 4.86. The number of benzene rings is 2. The molecule has 1 heterocycles. The van der Waals surface area contributed by atoms with Crippen molar-refractivity contribution in [3.63, 3.8) is 0 Å². The first-order valence-corrected chi connectivity index (χ1v) is 8.36. The van der Waals surface area contributed by atoms with Gasteiger partial charge in [0.05, 0.1) is 11.3 Å². The van der Waals surface area contributed by atoms with E-state index in [1.54, 1.807) is 0 Å². The van der Waals surface area contributed by atoms with Gasteiger partial charge in [0.25, 0.3) is 5.91 Å². The van der Waals surface area contributed by atoms with Crippen molar-refractivity contribution in [1.29, 1.82) is 0 Å². The fourth-order valence-electron chi connectivity index (χ4n) is 2.57. The molecule has 2 N–H and O–H groups in total. The molecule has 0 aliphatic heterocycles. The summed E-state index contributed by atoms with van der Waals surface area (Å²) in [5, 5.41) is 14.3. The molecule has 3 rings (SSSR count). The Labute approximate surface area is 169 Å². The topological polar surface area (TPSA) is 84.2 Å². The number of anilines is 1. The molecule has 31 heavy (non-hydrogen) atoms. The van der Waals surface area contributed by atoms with Gasteiger partial charge in [0.1, 0.15) is 5.69 Å². The first-order valence-electron chi connectivity index (χ1n) is 8.36. The van der Waals surface area contributed by atoms with Crippen LogP contribution in [-0.2, 0) is 12.4 Å². The molecule has 0 saturated heterocycles. The van der Waals surface area contributed by atoms with Gasteiger partial charge in [0, 0.05) is 17.3 Å². The number of hydrogen-bond donors (Lipinski definition) is 2. The number of nitrogens with one attached hydrogen (secondary N) is 1. The summed E-state index contributed by atoms with van der Waals surface area (Å²) in [5.41, 5.74) is -3.36. The molecule has 12 heteroatoms. The van der Waals surface area contributed by atoms with E-state index in [0.717, 1.165) is 12.1 Å². The predicted molar refractivity (Wildman–Crippen MR) is 94.9 cm³/mol. The minimum absolute atomic E-state index is 0.0289. The first kappa shape index (κ1) is 21.9. The third-order valence-corrected chi connectivity index (χ3v) is 4.05. The number of rotatable bonds is 4. The number of carboxylic acids is 1. The van der Waals surface area contributed by atoms with E-state index in [1.165, 1.54) is 36.4 Å². The highest BCUT2D eigenvalue weighted by molar-refractivity contribution is 6.04. The van der Waals surface area contributed by atoms with Crippen molar-refractivity contribution in [2.45, 2.75) is 12.4 Å². The number of carboxylic acid groups (broad SMARTS) is 1. The van der Waals surface area contributed by atoms with Crippen LogP contribution in [0.4, 0.5) is 32.0 Å². The monoisotopic (exact) mass is 443 g/mol. The minimum atomic E-state index is -5.08. The van der Waals surface area contributed by atoms with Crippen LogP contribution in [0.2, 0.25) is 0 Å². The van der Waals surface area contributed by atoms with Crippen LogP contribution in [0.25, 0.3) is 5.69 Å². The molecule has 0 saturated carbocycles. The third kappa shape index (κ3) is 4.85. The van der Waals surface area contributed by atoms with Crippen molar-refractivity contribution in [3.8, 4) is 5.69 Å². The highest BCUT2D eigenvalue weighted by Gasteiger charge is 2.42. The third-order valence-electron chi connectivity index (χ3n) is 4.05. The lowest BCUT2D eigenvalue weighted by Gasteiger charge is -2.11. The number of nitrogens with zero attached hydrogens (tertiary/aromatic N) is 2. The largest absolute Gasteiger partial charge is 0.478 e. The normalized spacial score (nSPS) is 11.9. The number of amides is 1. The van der Waals surface area contributed by atoms with Crippen LogP contribution in [0.5, 0.6) is 0 Å². The Morgan fingerprint density at radius 2 is 1.39 bits per heavy atom. The molecule has 0 bridgehead atoms. The first-order chi connectivity index (χ1) is 14.4. The van der Waals surface area contributed by atoms with Gasteiger partial charge in [0.15, 0.2) is 5.69 Å². The summed E-state index contributed by atoms with van der Waals surface area (Å²) in [6.07, 6.45) is -10.1. The van der Waals surface area contributed by atoms with Crippen LogP contribution in [0.3, 0.4) is 0 Å². The van der Waals surface area contributed by atoms with Crippen LogP contribution >= 0.6 is 0 Å². The number of hydrogen-bond acceptors (Lipinski definition) is 3. The maximum atomic E-state index is 13.1.